The van der Waals surface area contributed by atoms with Gasteiger partial charge < -0.3 is 19.3 Å². The number of hydrogen-bond acceptors (Lipinski definition) is 6. The molecule has 0 bridgehead atoms. The van der Waals surface area contributed by atoms with Crippen molar-refractivity contribution < 1.29 is 28.9 Å². The van der Waals surface area contributed by atoms with Crippen LogP contribution in [0.3, 0.4) is 0 Å². The van der Waals surface area contributed by atoms with Crippen LogP contribution in [0.25, 0.3) is 0 Å². The van der Waals surface area contributed by atoms with Gasteiger partial charge in [-0.25, -0.2) is 4.79 Å². The number of rotatable bonds is 4. The second-order valence-electron chi connectivity index (χ2n) is 7.31. The standard InChI is InChI=1S/C20H24O6/c1-5-24-18(22)12-6-9-16-15(10-12)17(20(4,23)19(2,3)26-16)25-14-8-7-13(21)11-14/h6,9-11,17,23H,5,7-8H2,1-4H3. The van der Waals surface area contributed by atoms with E-state index in [9.17, 15) is 14.7 Å². The van der Waals surface area contributed by atoms with Crippen molar-refractivity contribution in [3.05, 3.63) is 41.2 Å². The molecule has 6 heteroatoms. The predicted octanol–water partition coefficient (Wildman–Crippen LogP) is 3.09. The van der Waals surface area contributed by atoms with Crippen molar-refractivity contribution >= 4 is 11.8 Å². The van der Waals surface area contributed by atoms with Crippen molar-refractivity contribution in [1.29, 1.82) is 0 Å². The van der Waals surface area contributed by atoms with Crippen LogP contribution in [0.1, 0.15) is 62.6 Å². The van der Waals surface area contributed by atoms with E-state index in [1.807, 2.05) is 0 Å². The number of esters is 1. The van der Waals surface area contributed by atoms with E-state index in [1.54, 1.807) is 45.9 Å². The van der Waals surface area contributed by atoms with Crippen LogP contribution in [0, 0.1) is 0 Å². The van der Waals surface area contributed by atoms with E-state index >= 15 is 0 Å². The van der Waals surface area contributed by atoms with E-state index < -0.39 is 23.3 Å². The molecule has 3 rings (SSSR count). The van der Waals surface area contributed by atoms with E-state index in [0.717, 1.165) is 0 Å². The van der Waals surface area contributed by atoms with Gasteiger partial charge in [0.05, 0.1) is 12.2 Å². The van der Waals surface area contributed by atoms with Crippen molar-refractivity contribution in [1.82, 2.24) is 0 Å². The molecule has 0 saturated heterocycles. The van der Waals surface area contributed by atoms with E-state index in [0.29, 0.717) is 35.5 Å². The van der Waals surface area contributed by atoms with Crippen LogP contribution in [-0.2, 0) is 14.3 Å². The van der Waals surface area contributed by atoms with E-state index in [2.05, 4.69) is 0 Å². The van der Waals surface area contributed by atoms with Crippen LogP contribution in [0.15, 0.2) is 30.0 Å². The average Bonchev–Trinajstić information content (AvgIpc) is 2.97. The van der Waals surface area contributed by atoms with Crippen LogP contribution in [0.4, 0.5) is 0 Å². The number of benzene rings is 1. The minimum atomic E-state index is -1.39. The molecule has 1 N–H and O–H groups in total. The highest BCUT2D eigenvalue weighted by atomic mass is 16.6. The summed E-state index contributed by atoms with van der Waals surface area (Å²) in [6.45, 7) is 7.20. The second kappa shape index (κ2) is 6.43. The minimum absolute atomic E-state index is 0.00598. The molecule has 0 spiro atoms. The normalized spacial score (nSPS) is 26.6. The predicted molar refractivity (Wildman–Crippen MR) is 93.9 cm³/mol. The van der Waals surface area contributed by atoms with Crippen LogP contribution < -0.4 is 4.74 Å². The highest BCUT2D eigenvalue weighted by Crippen LogP contribution is 2.49. The molecule has 140 valence electrons. The lowest BCUT2D eigenvalue weighted by Gasteiger charge is -2.49. The number of aliphatic hydroxyl groups is 1. The van der Waals surface area contributed by atoms with E-state index in [-0.39, 0.29) is 12.4 Å². The first kappa shape index (κ1) is 18.5. The molecule has 26 heavy (non-hydrogen) atoms. The molecule has 0 amide bonds. The van der Waals surface area contributed by atoms with Crippen molar-refractivity contribution in [2.75, 3.05) is 6.61 Å². The maximum Gasteiger partial charge on any atom is 0.338 e. The Bertz CT molecular complexity index is 775. The summed E-state index contributed by atoms with van der Waals surface area (Å²) in [7, 11) is 0. The number of carbonyl (C=O) groups excluding carboxylic acids is 2. The Morgan fingerprint density at radius 1 is 1.31 bits per heavy atom. The number of ether oxygens (including phenoxy) is 3. The summed E-state index contributed by atoms with van der Waals surface area (Å²) < 4.78 is 17.1. The molecule has 1 heterocycles. The molecule has 0 fully saturated rings. The lowest BCUT2D eigenvalue weighted by Crippen LogP contribution is -2.58. The number of fused-ring (bicyclic) bond motifs is 1. The number of carbonyl (C=O) groups is 2. The zero-order valence-electron chi connectivity index (χ0n) is 15.5. The molecule has 2 atom stereocenters. The Morgan fingerprint density at radius 2 is 2.04 bits per heavy atom. The molecule has 2 aliphatic rings. The lowest BCUT2D eigenvalue weighted by molar-refractivity contribution is -0.188. The lowest BCUT2D eigenvalue weighted by atomic mass is 9.76. The Hall–Kier alpha value is -2.34. The first-order valence-corrected chi connectivity index (χ1v) is 8.78. The van der Waals surface area contributed by atoms with Gasteiger partial charge in [-0.05, 0) is 45.9 Å². The summed E-state index contributed by atoms with van der Waals surface area (Å²) >= 11 is 0. The van der Waals surface area contributed by atoms with Gasteiger partial charge in [0.25, 0.3) is 0 Å². The third-order valence-corrected chi connectivity index (χ3v) is 5.11. The number of allylic oxidation sites excluding steroid dienone is 2. The molecule has 0 saturated carbocycles. The second-order valence-corrected chi connectivity index (χ2v) is 7.31. The van der Waals surface area contributed by atoms with Gasteiger partial charge in [0.1, 0.15) is 22.7 Å². The molecule has 1 aliphatic carbocycles. The zero-order valence-corrected chi connectivity index (χ0v) is 15.5. The van der Waals surface area contributed by atoms with Crippen molar-refractivity contribution in [2.24, 2.45) is 0 Å². The van der Waals surface area contributed by atoms with Gasteiger partial charge in [0.2, 0.25) is 0 Å². The number of ketones is 1. The van der Waals surface area contributed by atoms with Gasteiger partial charge in [0.15, 0.2) is 11.9 Å². The fourth-order valence-electron chi connectivity index (χ4n) is 3.18. The van der Waals surface area contributed by atoms with Crippen molar-refractivity contribution in [3.8, 4) is 5.75 Å². The fourth-order valence-corrected chi connectivity index (χ4v) is 3.18. The van der Waals surface area contributed by atoms with Crippen LogP contribution in [0.2, 0.25) is 0 Å². The molecule has 1 aromatic rings. The molecular weight excluding hydrogens is 336 g/mol. The Morgan fingerprint density at radius 3 is 2.65 bits per heavy atom. The van der Waals surface area contributed by atoms with Crippen LogP contribution >= 0.6 is 0 Å². The van der Waals surface area contributed by atoms with Crippen molar-refractivity contribution in [2.45, 2.75) is 57.8 Å². The third-order valence-electron chi connectivity index (χ3n) is 5.11. The van der Waals surface area contributed by atoms with E-state index in [4.69, 9.17) is 14.2 Å². The smallest absolute Gasteiger partial charge is 0.338 e. The first-order chi connectivity index (χ1) is 12.2. The topological polar surface area (TPSA) is 82.1 Å². The van der Waals surface area contributed by atoms with Gasteiger partial charge in [0, 0.05) is 24.5 Å². The van der Waals surface area contributed by atoms with Gasteiger partial charge in [-0.2, -0.15) is 0 Å². The zero-order chi connectivity index (χ0) is 19.1. The molecule has 1 aliphatic heterocycles. The Kier molecular flexibility index (Phi) is 4.56. The summed E-state index contributed by atoms with van der Waals surface area (Å²) in [4.78, 5) is 23.6. The summed E-state index contributed by atoms with van der Waals surface area (Å²) in [5, 5.41) is 11.2. The summed E-state index contributed by atoms with van der Waals surface area (Å²) in [5.41, 5.74) is -1.41. The van der Waals surface area contributed by atoms with Crippen LogP contribution in [-0.4, -0.2) is 34.7 Å². The molecule has 0 radical (unpaired) electrons. The maximum atomic E-state index is 12.1. The van der Waals surface area contributed by atoms with Crippen LogP contribution in [0.5, 0.6) is 5.75 Å². The molecule has 0 aromatic heterocycles. The number of hydrogen-bond donors (Lipinski definition) is 1. The Balaban J connectivity index is 2.05. The average molecular weight is 360 g/mol. The SMILES string of the molecule is CCOC(=O)c1ccc2c(c1)C(OC1=CC(=O)CC1)C(C)(O)C(C)(C)O2. The first-order valence-electron chi connectivity index (χ1n) is 8.78. The highest BCUT2D eigenvalue weighted by Gasteiger charge is 2.54. The minimum Gasteiger partial charge on any atom is -0.487 e. The van der Waals surface area contributed by atoms with Gasteiger partial charge in [-0.15, -0.1) is 0 Å². The van der Waals surface area contributed by atoms with Gasteiger partial charge >= 0.3 is 5.97 Å². The summed E-state index contributed by atoms with van der Waals surface area (Å²) in [6.07, 6.45) is 1.58. The highest BCUT2D eigenvalue weighted by molar-refractivity contribution is 5.92. The summed E-state index contributed by atoms with van der Waals surface area (Å²) in [5.74, 6) is 0.621. The largest absolute Gasteiger partial charge is 0.487 e. The Labute approximate surface area is 152 Å². The summed E-state index contributed by atoms with van der Waals surface area (Å²) in [6, 6.07) is 4.94. The molecule has 2 unspecified atom stereocenters. The maximum absolute atomic E-state index is 12.1. The molecule has 1 aromatic carbocycles. The van der Waals surface area contributed by atoms with Gasteiger partial charge in [-0.1, -0.05) is 0 Å². The fraction of sp³-hybridized carbons (Fsp3) is 0.500. The molecular formula is C20H24O6. The van der Waals surface area contributed by atoms with E-state index in [1.165, 1.54) is 6.08 Å². The van der Waals surface area contributed by atoms with Gasteiger partial charge in [-0.3, -0.25) is 4.79 Å². The van der Waals surface area contributed by atoms with Crippen molar-refractivity contribution in [3.63, 3.8) is 0 Å². The monoisotopic (exact) mass is 360 g/mol. The third kappa shape index (κ3) is 3.09. The quantitative estimate of drug-likeness (QED) is 0.831. The molecule has 6 nitrogen and oxygen atoms in total.